The predicted molar refractivity (Wildman–Crippen MR) is 61.4 cm³/mol. The molecule has 0 saturated heterocycles. The lowest BCUT2D eigenvalue weighted by Gasteiger charge is -2.28. The summed E-state index contributed by atoms with van der Waals surface area (Å²) in [7, 11) is 3.35. The number of hydrazine groups is 1. The van der Waals surface area contributed by atoms with Crippen molar-refractivity contribution in [3.63, 3.8) is 0 Å². The van der Waals surface area contributed by atoms with Gasteiger partial charge in [-0.05, 0) is 12.1 Å². The molecule has 0 N–H and O–H groups in total. The summed E-state index contributed by atoms with van der Waals surface area (Å²) in [6.07, 6.45) is 0.207. The van der Waals surface area contributed by atoms with E-state index in [4.69, 9.17) is 5.26 Å². The van der Waals surface area contributed by atoms with Crippen LogP contribution in [0.4, 0.5) is 4.39 Å². The van der Waals surface area contributed by atoms with Gasteiger partial charge in [-0.2, -0.15) is 5.26 Å². The van der Waals surface area contributed by atoms with Gasteiger partial charge in [0.25, 0.3) is 5.91 Å². The van der Waals surface area contributed by atoms with Crippen molar-refractivity contribution in [2.75, 3.05) is 20.6 Å². The van der Waals surface area contributed by atoms with E-state index < -0.39 is 11.7 Å². The monoisotopic (exact) mass is 235 g/mol. The van der Waals surface area contributed by atoms with Gasteiger partial charge in [-0.25, -0.2) is 9.40 Å². The largest absolute Gasteiger partial charge is 0.271 e. The quantitative estimate of drug-likeness (QED) is 0.746. The van der Waals surface area contributed by atoms with E-state index >= 15 is 0 Å². The molecule has 1 aromatic carbocycles. The Bertz CT molecular complexity index is 440. The molecule has 4 nitrogen and oxygen atoms in total. The highest BCUT2D eigenvalue weighted by Crippen LogP contribution is 2.11. The van der Waals surface area contributed by atoms with Gasteiger partial charge in [0.15, 0.2) is 0 Å². The maximum Gasteiger partial charge on any atom is 0.271 e. The van der Waals surface area contributed by atoms with Crippen LogP contribution < -0.4 is 0 Å². The molecule has 0 unspecified atom stereocenters. The molecule has 90 valence electrons. The van der Waals surface area contributed by atoms with Crippen LogP contribution in [-0.2, 0) is 0 Å². The molecule has 5 heteroatoms. The molecule has 0 aliphatic heterocycles. The summed E-state index contributed by atoms with van der Waals surface area (Å²) in [5, 5.41) is 11.4. The minimum Gasteiger partial charge on any atom is -0.271 e. The third-order valence-corrected chi connectivity index (χ3v) is 2.26. The molecule has 1 rings (SSSR count). The highest BCUT2D eigenvalue weighted by atomic mass is 19.1. The molecular formula is C12H14FN3O. The topological polar surface area (TPSA) is 47.3 Å². The van der Waals surface area contributed by atoms with Gasteiger partial charge in [0.05, 0.1) is 24.6 Å². The van der Waals surface area contributed by atoms with Gasteiger partial charge >= 0.3 is 0 Å². The van der Waals surface area contributed by atoms with Gasteiger partial charge in [0.2, 0.25) is 0 Å². The average Bonchev–Trinajstić information content (AvgIpc) is 2.29. The first kappa shape index (κ1) is 13.1. The lowest BCUT2D eigenvalue weighted by Crippen LogP contribution is -2.42. The lowest BCUT2D eigenvalue weighted by atomic mass is 10.2. The number of carbonyl (C=O) groups excluding carboxylic acids is 1. The van der Waals surface area contributed by atoms with Crippen molar-refractivity contribution in [3.05, 3.63) is 35.6 Å². The molecule has 0 fully saturated rings. The number of hydrogen-bond acceptors (Lipinski definition) is 3. The molecule has 0 aromatic heterocycles. The molecule has 17 heavy (non-hydrogen) atoms. The van der Waals surface area contributed by atoms with E-state index in [-0.39, 0.29) is 18.5 Å². The van der Waals surface area contributed by atoms with Crippen molar-refractivity contribution in [3.8, 4) is 6.07 Å². The van der Waals surface area contributed by atoms with Crippen molar-refractivity contribution >= 4 is 5.91 Å². The van der Waals surface area contributed by atoms with Gasteiger partial charge in [-0.1, -0.05) is 12.1 Å². The number of amides is 1. The average molecular weight is 235 g/mol. The second kappa shape index (κ2) is 5.97. The van der Waals surface area contributed by atoms with Crippen LogP contribution in [0.5, 0.6) is 0 Å². The molecule has 0 spiro atoms. The minimum atomic E-state index is -0.554. The Morgan fingerprint density at radius 2 is 2.06 bits per heavy atom. The van der Waals surface area contributed by atoms with Crippen LogP contribution in [0.1, 0.15) is 16.8 Å². The Morgan fingerprint density at radius 3 is 2.59 bits per heavy atom. The van der Waals surface area contributed by atoms with Crippen molar-refractivity contribution in [1.82, 2.24) is 10.0 Å². The van der Waals surface area contributed by atoms with E-state index in [1.165, 1.54) is 23.2 Å². The maximum atomic E-state index is 13.5. The Morgan fingerprint density at radius 1 is 1.41 bits per heavy atom. The SMILES string of the molecule is CN(C)N(CCC#N)C(=O)c1ccccc1F. The van der Waals surface area contributed by atoms with Crippen molar-refractivity contribution in [1.29, 1.82) is 5.26 Å². The fourth-order valence-electron chi connectivity index (χ4n) is 1.41. The normalized spacial score (nSPS) is 10.1. The molecule has 1 amide bonds. The summed E-state index contributed by atoms with van der Waals surface area (Å²) < 4.78 is 13.5. The number of hydrogen-bond donors (Lipinski definition) is 0. The fraction of sp³-hybridized carbons (Fsp3) is 0.333. The Balaban J connectivity index is 2.93. The number of halogens is 1. The molecule has 0 aliphatic carbocycles. The molecule has 0 heterocycles. The van der Waals surface area contributed by atoms with Gasteiger partial charge in [-0.15, -0.1) is 0 Å². The zero-order valence-corrected chi connectivity index (χ0v) is 9.85. The highest BCUT2D eigenvalue weighted by Gasteiger charge is 2.20. The van der Waals surface area contributed by atoms with E-state index in [0.717, 1.165) is 0 Å². The molecule has 1 aromatic rings. The molecule has 0 atom stereocenters. The van der Waals surface area contributed by atoms with Crippen LogP contribution in [-0.4, -0.2) is 36.6 Å². The summed E-state index contributed by atoms with van der Waals surface area (Å²) in [6, 6.07) is 7.77. The van der Waals surface area contributed by atoms with Crippen LogP contribution in [0, 0.1) is 17.1 Å². The predicted octanol–water partition coefficient (Wildman–Crippen LogP) is 1.66. The van der Waals surface area contributed by atoms with E-state index in [1.54, 1.807) is 25.2 Å². The van der Waals surface area contributed by atoms with Crippen LogP contribution in [0.25, 0.3) is 0 Å². The van der Waals surface area contributed by atoms with Crippen LogP contribution in [0.3, 0.4) is 0 Å². The van der Waals surface area contributed by atoms with Crippen LogP contribution in [0.2, 0.25) is 0 Å². The van der Waals surface area contributed by atoms with Gasteiger partial charge in [0.1, 0.15) is 5.82 Å². The third kappa shape index (κ3) is 3.26. The number of rotatable bonds is 4. The minimum absolute atomic E-state index is 0.0131. The maximum absolute atomic E-state index is 13.5. The van der Waals surface area contributed by atoms with Crippen LogP contribution >= 0.6 is 0 Å². The van der Waals surface area contributed by atoms with Crippen molar-refractivity contribution in [2.24, 2.45) is 0 Å². The van der Waals surface area contributed by atoms with Crippen molar-refractivity contribution < 1.29 is 9.18 Å². The summed E-state index contributed by atoms with van der Waals surface area (Å²) >= 11 is 0. The summed E-state index contributed by atoms with van der Waals surface area (Å²) in [5.41, 5.74) is 0.0131. The van der Waals surface area contributed by atoms with E-state index in [9.17, 15) is 9.18 Å². The van der Waals surface area contributed by atoms with E-state index in [1.807, 2.05) is 6.07 Å². The number of benzene rings is 1. The zero-order valence-electron chi connectivity index (χ0n) is 9.85. The summed E-state index contributed by atoms with van der Waals surface area (Å²) in [4.78, 5) is 12.0. The van der Waals surface area contributed by atoms with Crippen LogP contribution in [0.15, 0.2) is 24.3 Å². The molecule has 0 bridgehead atoms. The Kier molecular flexibility index (Phi) is 4.61. The lowest BCUT2D eigenvalue weighted by molar-refractivity contribution is 0.0208. The molecule has 0 radical (unpaired) electrons. The number of nitriles is 1. The highest BCUT2D eigenvalue weighted by molar-refractivity contribution is 5.94. The smallest absolute Gasteiger partial charge is 0.271 e. The molecular weight excluding hydrogens is 221 g/mol. The number of carbonyl (C=O) groups is 1. The number of nitrogens with zero attached hydrogens (tertiary/aromatic N) is 3. The standard InChI is InChI=1S/C12H14FN3O/c1-15(2)16(9-5-8-14)12(17)10-6-3-4-7-11(10)13/h3-4,6-7H,5,9H2,1-2H3. The van der Waals surface area contributed by atoms with E-state index in [0.29, 0.717) is 0 Å². The third-order valence-electron chi connectivity index (χ3n) is 2.26. The van der Waals surface area contributed by atoms with E-state index in [2.05, 4.69) is 0 Å². The first-order valence-electron chi connectivity index (χ1n) is 5.18. The second-order valence-electron chi connectivity index (χ2n) is 3.66. The first-order chi connectivity index (χ1) is 8.07. The Labute approximate surface area is 99.8 Å². The zero-order chi connectivity index (χ0) is 12.8. The first-order valence-corrected chi connectivity index (χ1v) is 5.18. The summed E-state index contributed by atoms with van der Waals surface area (Å²) in [6.45, 7) is 0.247. The summed E-state index contributed by atoms with van der Waals surface area (Å²) in [5.74, 6) is -0.996. The van der Waals surface area contributed by atoms with Gasteiger partial charge in [0, 0.05) is 14.1 Å². The van der Waals surface area contributed by atoms with Gasteiger partial charge < -0.3 is 0 Å². The second-order valence-corrected chi connectivity index (χ2v) is 3.66. The fourth-order valence-corrected chi connectivity index (χ4v) is 1.41. The molecule has 0 saturated carbocycles. The Hall–Kier alpha value is -1.93. The molecule has 0 aliphatic rings. The van der Waals surface area contributed by atoms with Gasteiger partial charge in [-0.3, -0.25) is 9.80 Å². The van der Waals surface area contributed by atoms with Crippen molar-refractivity contribution in [2.45, 2.75) is 6.42 Å².